The average molecular weight is 482 g/mol. The third-order valence-electron chi connectivity index (χ3n) is 4.84. The molecule has 0 radical (unpaired) electrons. The molecule has 1 aliphatic heterocycles. The zero-order valence-electron chi connectivity index (χ0n) is 17.8. The molecule has 3 heterocycles. The summed E-state index contributed by atoms with van der Waals surface area (Å²) in [5.74, 6) is 0.186. The summed E-state index contributed by atoms with van der Waals surface area (Å²) < 4.78 is 57.9. The Labute approximate surface area is 191 Å². The predicted octanol–water partition coefficient (Wildman–Crippen LogP) is 4.50. The number of aryl methyl sites for hydroxylation is 1. The number of thiazole rings is 1. The summed E-state index contributed by atoms with van der Waals surface area (Å²) in [6.45, 7) is 1.97. The third-order valence-corrected chi connectivity index (χ3v) is 5.67. The zero-order chi connectivity index (χ0) is 23.6. The largest absolute Gasteiger partial charge is 0.493 e. The summed E-state index contributed by atoms with van der Waals surface area (Å²) in [7, 11) is 1.47. The van der Waals surface area contributed by atoms with Crippen LogP contribution in [0.2, 0.25) is 0 Å². The molecule has 1 N–H and O–H groups in total. The molecule has 4 rings (SSSR count). The van der Waals surface area contributed by atoms with E-state index in [0.29, 0.717) is 35.2 Å². The minimum absolute atomic E-state index is 0.104. The van der Waals surface area contributed by atoms with Crippen molar-refractivity contribution >= 4 is 22.4 Å². The van der Waals surface area contributed by atoms with E-state index in [0.717, 1.165) is 22.0 Å². The van der Waals surface area contributed by atoms with E-state index in [9.17, 15) is 18.0 Å². The topological polar surface area (TPSA) is 87.5 Å². The summed E-state index contributed by atoms with van der Waals surface area (Å²) in [5, 5.41) is 6.58. The van der Waals surface area contributed by atoms with Crippen LogP contribution in [0.3, 0.4) is 0 Å². The Kier molecular flexibility index (Phi) is 6.56. The maximum atomic E-state index is 13.4. The van der Waals surface area contributed by atoms with Gasteiger partial charge in [0.1, 0.15) is 6.54 Å². The first-order chi connectivity index (χ1) is 15.7. The van der Waals surface area contributed by atoms with Crippen LogP contribution in [0.5, 0.6) is 11.5 Å². The quantitative estimate of drug-likeness (QED) is 0.534. The fourth-order valence-corrected chi connectivity index (χ4v) is 4.01. The van der Waals surface area contributed by atoms with E-state index in [1.54, 1.807) is 24.4 Å². The number of carbonyl (C=O) groups is 1. The Morgan fingerprint density at radius 1 is 1.33 bits per heavy atom. The summed E-state index contributed by atoms with van der Waals surface area (Å²) >= 11 is 1.26. The van der Waals surface area contributed by atoms with Gasteiger partial charge in [-0.15, -0.1) is 11.3 Å². The number of benzene rings is 1. The molecule has 1 fully saturated rings. The van der Waals surface area contributed by atoms with Crippen LogP contribution in [0.15, 0.2) is 30.5 Å². The van der Waals surface area contributed by atoms with Crippen LogP contribution in [0.25, 0.3) is 11.3 Å². The van der Waals surface area contributed by atoms with Crippen molar-refractivity contribution in [2.75, 3.05) is 19.0 Å². The average Bonchev–Trinajstić information content (AvgIpc) is 3.49. The summed E-state index contributed by atoms with van der Waals surface area (Å²) in [6, 6.07) is 5.62. The number of anilines is 1. The number of carbonyl (C=O) groups excluding carboxylic acids is 1. The SMILES string of the molecule is COc1ccc(-c2cc(C(F)(F)F)nn2CC(=O)Nc2ncc(C)s2)cc1O[C@H]1CCCO1. The molecule has 0 aliphatic carbocycles. The molecule has 12 heteroatoms. The van der Waals surface area contributed by atoms with Crippen molar-refractivity contribution in [3.05, 3.63) is 41.0 Å². The van der Waals surface area contributed by atoms with Gasteiger partial charge in [-0.05, 0) is 37.6 Å². The number of ether oxygens (including phenoxy) is 3. The summed E-state index contributed by atoms with van der Waals surface area (Å²) in [5.41, 5.74) is -0.620. The molecular formula is C21H21F3N4O4S. The van der Waals surface area contributed by atoms with Crippen LogP contribution in [-0.2, 0) is 22.3 Å². The lowest BCUT2D eigenvalue weighted by atomic mass is 10.1. The molecule has 0 saturated carbocycles. The van der Waals surface area contributed by atoms with Gasteiger partial charge in [-0.1, -0.05) is 0 Å². The van der Waals surface area contributed by atoms with Crippen molar-refractivity contribution in [1.29, 1.82) is 0 Å². The number of hydrogen-bond acceptors (Lipinski definition) is 7. The molecule has 176 valence electrons. The maximum absolute atomic E-state index is 13.4. The first kappa shape index (κ1) is 23.1. The second-order valence-corrected chi connectivity index (χ2v) is 8.56. The maximum Gasteiger partial charge on any atom is 0.435 e. The van der Waals surface area contributed by atoms with E-state index in [1.807, 2.05) is 6.92 Å². The van der Waals surface area contributed by atoms with Crippen LogP contribution in [0, 0.1) is 6.92 Å². The summed E-state index contributed by atoms with van der Waals surface area (Å²) in [6.07, 6.45) is -2.00. The molecule has 1 atom stereocenters. The van der Waals surface area contributed by atoms with E-state index in [-0.39, 0.29) is 5.69 Å². The highest BCUT2D eigenvalue weighted by molar-refractivity contribution is 7.15. The van der Waals surface area contributed by atoms with Gasteiger partial charge >= 0.3 is 6.18 Å². The van der Waals surface area contributed by atoms with Crippen LogP contribution >= 0.6 is 11.3 Å². The second-order valence-electron chi connectivity index (χ2n) is 7.32. The van der Waals surface area contributed by atoms with Crippen molar-refractivity contribution in [2.45, 2.75) is 38.8 Å². The molecule has 3 aromatic rings. The normalized spacial score (nSPS) is 16.1. The van der Waals surface area contributed by atoms with Crippen LogP contribution in [-0.4, -0.2) is 40.7 Å². The minimum atomic E-state index is -4.67. The van der Waals surface area contributed by atoms with Gasteiger partial charge in [0, 0.05) is 23.1 Å². The van der Waals surface area contributed by atoms with Crippen molar-refractivity contribution in [3.8, 4) is 22.8 Å². The number of alkyl halides is 3. The molecule has 2 aromatic heterocycles. The Hall–Kier alpha value is -3.12. The van der Waals surface area contributed by atoms with Crippen molar-refractivity contribution in [2.24, 2.45) is 0 Å². The Morgan fingerprint density at radius 2 is 2.15 bits per heavy atom. The fraction of sp³-hybridized carbons (Fsp3) is 0.381. The molecule has 1 aromatic carbocycles. The molecule has 1 saturated heterocycles. The molecule has 0 bridgehead atoms. The molecule has 1 amide bonds. The third kappa shape index (κ3) is 5.45. The van der Waals surface area contributed by atoms with Gasteiger partial charge in [0.2, 0.25) is 5.91 Å². The van der Waals surface area contributed by atoms with E-state index in [2.05, 4.69) is 15.4 Å². The number of aromatic nitrogens is 3. The van der Waals surface area contributed by atoms with Gasteiger partial charge < -0.3 is 19.5 Å². The molecule has 1 aliphatic rings. The molecule has 0 spiro atoms. The highest BCUT2D eigenvalue weighted by Crippen LogP contribution is 2.37. The van der Waals surface area contributed by atoms with E-state index >= 15 is 0 Å². The molecule has 0 unspecified atom stereocenters. The Bertz CT molecular complexity index is 1140. The standard InChI is InChI=1S/C21H21F3N4O4S/c1-12-10-25-20(33-12)26-18(29)11-28-14(9-17(27-28)21(22,23)24)13-5-6-15(30-2)16(8-13)32-19-4-3-7-31-19/h5-6,8-10,19H,3-4,7,11H2,1-2H3,(H,25,26,29)/t19-/m0/s1. The van der Waals surface area contributed by atoms with Crippen LogP contribution in [0.4, 0.5) is 18.3 Å². The number of rotatable bonds is 7. The second kappa shape index (κ2) is 9.40. The van der Waals surface area contributed by atoms with E-state index in [4.69, 9.17) is 14.2 Å². The zero-order valence-corrected chi connectivity index (χ0v) is 18.6. The number of halogens is 3. The molecular weight excluding hydrogens is 461 g/mol. The van der Waals surface area contributed by atoms with Gasteiger partial charge in [-0.25, -0.2) is 4.98 Å². The molecule has 8 nitrogen and oxygen atoms in total. The number of amides is 1. The smallest absolute Gasteiger partial charge is 0.435 e. The summed E-state index contributed by atoms with van der Waals surface area (Å²) in [4.78, 5) is 17.4. The van der Waals surface area contributed by atoms with E-state index < -0.39 is 30.6 Å². The van der Waals surface area contributed by atoms with Crippen LogP contribution in [0.1, 0.15) is 23.4 Å². The fourth-order valence-electron chi connectivity index (χ4n) is 3.33. The number of methoxy groups -OCH3 is 1. The van der Waals surface area contributed by atoms with Gasteiger partial charge in [-0.2, -0.15) is 18.3 Å². The van der Waals surface area contributed by atoms with Crippen molar-refractivity contribution in [3.63, 3.8) is 0 Å². The number of hydrogen-bond donors (Lipinski definition) is 1. The van der Waals surface area contributed by atoms with Gasteiger partial charge in [0.05, 0.1) is 19.4 Å². The highest BCUT2D eigenvalue weighted by atomic mass is 32.1. The van der Waals surface area contributed by atoms with Gasteiger partial charge in [0.25, 0.3) is 0 Å². The monoisotopic (exact) mass is 482 g/mol. The van der Waals surface area contributed by atoms with Gasteiger partial charge in [-0.3, -0.25) is 9.48 Å². The van der Waals surface area contributed by atoms with Crippen LogP contribution < -0.4 is 14.8 Å². The minimum Gasteiger partial charge on any atom is -0.493 e. The number of nitrogens with one attached hydrogen (secondary N) is 1. The Balaban J connectivity index is 1.65. The lowest BCUT2D eigenvalue weighted by Gasteiger charge is -2.16. The molecule has 33 heavy (non-hydrogen) atoms. The Morgan fingerprint density at radius 3 is 2.79 bits per heavy atom. The van der Waals surface area contributed by atoms with Gasteiger partial charge in [0.15, 0.2) is 28.6 Å². The first-order valence-electron chi connectivity index (χ1n) is 10.1. The predicted molar refractivity (Wildman–Crippen MR) is 114 cm³/mol. The van der Waals surface area contributed by atoms with Crippen molar-refractivity contribution < 1.29 is 32.2 Å². The van der Waals surface area contributed by atoms with E-state index in [1.165, 1.54) is 18.4 Å². The van der Waals surface area contributed by atoms with Crippen molar-refractivity contribution in [1.82, 2.24) is 14.8 Å². The lowest BCUT2D eigenvalue weighted by molar-refractivity contribution is -0.141. The number of nitrogens with zero attached hydrogens (tertiary/aromatic N) is 3. The first-order valence-corrected chi connectivity index (χ1v) is 10.9. The lowest BCUT2D eigenvalue weighted by Crippen LogP contribution is -2.20. The highest BCUT2D eigenvalue weighted by Gasteiger charge is 2.35.